The molecule has 8 nitrogen and oxygen atoms in total. The van der Waals surface area contributed by atoms with Gasteiger partial charge in [-0.3, -0.25) is 4.79 Å². The first kappa shape index (κ1) is 42.2. The highest BCUT2D eigenvalue weighted by Gasteiger charge is 2.83. The van der Waals surface area contributed by atoms with Crippen LogP contribution in [-0.4, -0.2) is 89.0 Å². The summed E-state index contributed by atoms with van der Waals surface area (Å²) in [4.78, 5) is 12.5. The van der Waals surface area contributed by atoms with E-state index in [4.69, 9.17) is 28.4 Å². The molecule has 0 radical (unpaired) electrons. The Bertz CT molecular complexity index is 1960. The largest absolute Gasteiger partial charge is 0.456 e. The van der Waals surface area contributed by atoms with Crippen LogP contribution in [0.3, 0.4) is 0 Å². The lowest BCUT2D eigenvalue weighted by Crippen LogP contribution is -2.65. The highest BCUT2D eigenvalue weighted by atomic mass is 19.4. The van der Waals surface area contributed by atoms with Gasteiger partial charge in [-0.1, -0.05) is 53.7 Å². The molecule has 0 aromatic carbocycles. The molecule has 0 amide bonds. The maximum Gasteiger partial charge on any atom is 0.456 e. The lowest BCUT2D eigenvalue weighted by Gasteiger charge is -2.54. The maximum atomic E-state index is 14.6. The topological polar surface area (TPSA) is 99.3 Å². The summed E-state index contributed by atoms with van der Waals surface area (Å²) in [5.74, 6) is -5.31. The number of aliphatic hydroxyl groups is 1. The number of hydrogen-bond donors (Lipinski definition) is 1. The predicted octanol–water partition coefficient (Wildman–Crippen LogP) is 9.71. The van der Waals surface area contributed by atoms with Gasteiger partial charge >= 0.3 is 12.1 Å². The third kappa shape index (κ3) is 5.37. The molecule has 1 N–H and O–H groups in total. The van der Waals surface area contributed by atoms with E-state index in [-0.39, 0.29) is 46.2 Å². The van der Waals surface area contributed by atoms with Crippen LogP contribution in [0.2, 0.25) is 0 Å². The Morgan fingerprint density at radius 2 is 1.08 bits per heavy atom. The molecule has 2 spiro atoms. The van der Waals surface area contributed by atoms with Gasteiger partial charge in [-0.25, -0.2) is 0 Å². The van der Waals surface area contributed by atoms with Crippen molar-refractivity contribution in [3.63, 3.8) is 0 Å². The van der Waals surface area contributed by atoms with E-state index in [1.165, 1.54) is 12.5 Å². The fourth-order valence-corrected chi connectivity index (χ4v) is 15.7. The molecular weight excluding hydrogens is 800 g/mol. The van der Waals surface area contributed by atoms with Crippen LogP contribution in [0.25, 0.3) is 0 Å². The zero-order valence-electron chi connectivity index (χ0n) is 36.8. The van der Waals surface area contributed by atoms with Crippen molar-refractivity contribution in [2.45, 2.75) is 196 Å². The van der Waals surface area contributed by atoms with Crippen molar-refractivity contribution < 1.29 is 60.3 Å². The minimum absolute atomic E-state index is 0.0147. The van der Waals surface area contributed by atoms with Gasteiger partial charge in [0.15, 0.2) is 11.6 Å². The molecule has 4 heterocycles. The number of ketones is 1. The van der Waals surface area contributed by atoms with E-state index in [1.807, 2.05) is 6.08 Å². The second kappa shape index (κ2) is 12.3. The molecule has 13 heteroatoms. The molecule has 4 aliphatic heterocycles. The van der Waals surface area contributed by atoms with Crippen LogP contribution in [0, 0.1) is 45.3 Å². The Labute approximate surface area is 356 Å². The average Bonchev–Trinajstić information content (AvgIpc) is 4.01. The lowest BCUT2D eigenvalue weighted by atomic mass is 9.52. The molecule has 340 valence electrons. The molecule has 4 saturated heterocycles. The summed E-state index contributed by atoms with van der Waals surface area (Å²) in [5, 5.41) is 10.9. The monoisotopic (exact) mass is 864 g/mol. The molecule has 6 unspecified atom stereocenters. The third-order valence-electron chi connectivity index (χ3n) is 19.4. The summed E-state index contributed by atoms with van der Waals surface area (Å²) in [5.41, 5.74) is -3.22. The Hall–Kier alpha value is -1.48. The highest BCUT2D eigenvalue weighted by Crippen LogP contribution is 2.76. The number of fused-ring (bicyclic) bond motifs is 6. The van der Waals surface area contributed by atoms with Gasteiger partial charge in [0, 0.05) is 53.8 Å². The number of ether oxygens (including phenoxy) is 6. The van der Waals surface area contributed by atoms with Gasteiger partial charge in [0.05, 0.1) is 26.4 Å². The van der Waals surface area contributed by atoms with Crippen molar-refractivity contribution in [2.24, 2.45) is 45.3 Å². The van der Waals surface area contributed by atoms with Gasteiger partial charge in [0.1, 0.15) is 33.8 Å². The second-order valence-electron chi connectivity index (χ2n) is 24.0. The minimum atomic E-state index is -5.80. The molecule has 0 aromatic heterocycles. The van der Waals surface area contributed by atoms with Gasteiger partial charge in [0.2, 0.25) is 0 Å². The number of alkyl halides is 5. The van der Waals surface area contributed by atoms with Crippen molar-refractivity contribution in [3.8, 4) is 0 Å². The van der Waals surface area contributed by atoms with Crippen LogP contribution >= 0.6 is 0 Å². The fraction of sp³-hybridized carbons (Fsp3) is 0.896. The third-order valence-corrected chi connectivity index (χ3v) is 19.4. The van der Waals surface area contributed by atoms with E-state index in [0.717, 1.165) is 70.2 Å². The number of epoxide rings is 2. The van der Waals surface area contributed by atoms with Crippen LogP contribution in [0.15, 0.2) is 23.3 Å². The van der Waals surface area contributed by atoms with Gasteiger partial charge in [-0.2, -0.15) is 22.0 Å². The Morgan fingerprint density at radius 3 is 1.57 bits per heavy atom. The SMILES string of the molecule is CC1(C)COC2(CC[C@]34OC3(CCC3C4=CC[C@@]4(C)C3CC[C@@]4(O)C(F)(F)C(F)(F)F)C2)OC1.CC1(C)COC2(CC[C@]34OC3(CCC3C4=CC[C@]4(C)C(=O)CCC34)C2)OC1. The molecule has 0 aromatic rings. The van der Waals surface area contributed by atoms with E-state index in [2.05, 4.69) is 40.7 Å². The number of carbonyl (C=O) groups excluding carboxylic acids is 1. The van der Waals surface area contributed by atoms with E-state index in [0.29, 0.717) is 62.9 Å². The minimum Gasteiger partial charge on any atom is -0.383 e. The fourth-order valence-electron chi connectivity index (χ4n) is 15.7. The Morgan fingerprint density at radius 1 is 0.607 bits per heavy atom. The summed E-state index contributed by atoms with van der Waals surface area (Å²) in [6.07, 6.45) is 9.12. The van der Waals surface area contributed by atoms with Crippen molar-refractivity contribution in [1.82, 2.24) is 0 Å². The summed E-state index contributed by atoms with van der Waals surface area (Å²) in [6, 6.07) is 0. The maximum absolute atomic E-state index is 14.6. The van der Waals surface area contributed by atoms with Crippen molar-refractivity contribution in [3.05, 3.63) is 23.3 Å². The number of carbonyl (C=O) groups is 1. The molecule has 11 atom stereocenters. The molecule has 10 fully saturated rings. The Balaban J connectivity index is 0.000000141. The zero-order chi connectivity index (χ0) is 43.3. The first-order chi connectivity index (χ1) is 28.3. The smallest absolute Gasteiger partial charge is 0.383 e. The quantitative estimate of drug-likeness (QED) is 0.158. The molecule has 0 bridgehead atoms. The summed E-state index contributed by atoms with van der Waals surface area (Å²) < 4.78 is 108. The number of rotatable bonds is 1. The second-order valence-corrected chi connectivity index (χ2v) is 24.0. The normalized spacial score (nSPS) is 50.1. The van der Waals surface area contributed by atoms with Crippen molar-refractivity contribution in [2.75, 3.05) is 26.4 Å². The number of Topliss-reactive ketones (excluding diaryl/α,β-unsaturated/α-hetero) is 1. The highest BCUT2D eigenvalue weighted by molar-refractivity contribution is 5.87. The summed E-state index contributed by atoms with van der Waals surface area (Å²) in [7, 11) is 0. The summed E-state index contributed by atoms with van der Waals surface area (Å²) in [6.45, 7) is 15.0. The van der Waals surface area contributed by atoms with Crippen LogP contribution < -0.4 is 0 Å². The van der Waals surface area contributed by atoms with E-state index in [9.17, 15) is 31.9 Å². The van der Waals surface area contributed by atoms with Crippen molar-refractivity contribution >= 4 is 5.78 Å². The van der Waals surface area contributed by atoms with Gasteiger partial charge < -0.3 is 33.5 Å². The lowest BCUT2D eigenvalue weighted by molar-refractivity contribution is -0.361. The molecule has 12 rings (SSSR count). The standard InChI is InChI=1S/C25H33F5O4.C23H32O4/c1-18(2)13-32-21(33-14-18)10-11-22-17-5-7-19(3)16(15(17)4-8-20(22,12-21)34-22)6-9-23(19,31)24(26,27)25(28,29)30;1-19(2)13-25-22(26-14-19)10-11-23-17-7-8-20(3)16(4-5-18(20)24)15(17)6-9-21(23,12-22)27-23/h5,15-16,31H,4,6-14H2,1-3H3;7,15-16H,4-6,8-14H2,1-3H3/t15?,16?,19-,20?,22+,23-;15?,16?,20-,21?,23+/m00/s1. The van der Waals surface area contributed by atoms with E-state index in [1.54, 1.807) is 0 Å². The van der Waals surface area contributed by atoms with Crippen LogP contribution in [0.5, 0.6) is 0 Å². The zero-order valence-corrected chi connectivity index (χ0v) is 36.8. The predicted molar refractivity (Wildman–Crippen MR) is 211 cm³/mol. The number of halogens is 5. The first-order valence-electron chi connectivity index (χ1n) is 23.4. The van der Waals surface area contributed by atoms with Crippen molar-refractivity contribution in [1.29, 1.82) is 0 Å². The van der Waals surface area contributed by atoms with E-state index < -0.39 is 58.2 Å². The average molecular weight is 865 g/mol. The van der Waals surface area contributed by atoms with Gasteiger partial charge in [-0.15, -0.1) is 0 Å². The molecule has 12 aliphatic rings. The molecular formula is C48H65F5O8. The number of hydrogen-bond acceptors (Lipinski definition) is 8. The van der Waals surface area contributed by atoms with Gasteiger partial charge in [-0.05, 0) is 105 Å². The summed E-state index contributed by atoms with van der Waals surface area (Å²) >= 11 is 0. The number of allylic oxidation sites excluding steroid dienone is 2. The van der Waals surface area contributed by atoms with E-state index >= 15 is 0 Å². The molecule has 61 heavy (non-hydrogen) atoms. The van der Waals surface area contributed by atoms with Crippen LogP contribution in [0.1, 0.15) is 144 Å². The first-order valence-corrected chi connectivity index (χ1v) is 23.4. The van der Waals surface area contributed by atoms with Crippen LogP contribution in [0.4, 0.5) is 22.0 Å². The van der Waals surface area contributed by atoms with Crippen LogP contribution in [-0.2, 0) is 33.2 Å². The molecule has 6 saturated carbocycles. The van der Waals surface area contributed by atoms with Gasteiger partial charge in [0.25, 0.3) is 0 Å². The Kier molecular flexibility index (Phi) is 8.50. The molecule has 8 aliphatic carbocycles.